The van der Waals surface area contributed by atoms with Gasteiger partial charge in [-0.3, -0.25) is 0 Å². The second-order valence-corrected chi connectivity index (χ2v) is 5.60. The van der Waals surface area contributed by atoms with E-state index in [9.17, 15) is 0 Å². The largest absolute Gasteiger partial charge is 0.324 e. The van der Waals surface area contributed by atoms with Crippen LogP contribution in [0.25, 0.3) is 0 Å². The first kappa shape index (κ1) is 14.1. The molecule has 0 bridgehead atoms. The minimum Gasteiger partial charge on any atom is -0.324 e. The van der Waals surface area contributed by atoms with Gasteiger partial charge in [0.05, 0.1) is 5.75 Å². The minimum absolute atomic E-state index is 0.0734. The lowest BCUT2D eigenvalue weighted by molar-refractivity contribution is 0.581. The van der Waals surface area contributed by atoms with Crippen LogP contribution >= 0.6 is 11.8 Å². The summed E-state index contributed by atoms with van der Waals surface area (Å²) in [7, 11) is 0. The van der Waals surface area contributed by atoms with Crippen molar-refractivity contribution in [1.29, 1.82) is 0 Å². The number of rotatable bonds is 6. The predicted molar refractivity (Wildman–Crippen MR) is 78.9 cm³/mol. The van der Waals surface area contributed by atoms with E-state index in [-0.39, 0.29) is 6.04 Å². The molecule has 0 saturated heterocycles. The molecule has 0 fully saturated rings. The molecule has 1 unspecified atom stereocenters. The minimum atomic E-state index is 0.0734. The molecule has 19 heavy (non-hydrogen) atoms. The quantitative estimate of drug-likeness (QED) is 0.824. The van der Waals surface area contributed by atoms with Crippen molar-refractivity contribution in [1.82, 2.24) is 14.8 Å². The van der Waals surface area contributed by atoms with E-state index in [0.29, 0.717) is 0 Å². The summed E-state index contributed by atoms with van der Waals surface area (Å²) in [6, 6.07) is 8.45. The van der Waals surface area contributed by atoms with E-state index in [0.717, 1.165) is 24.5 Å². The van der Waals surface area contributed by atoms with Gasteiger partial charge in [0.25, 0.3) is 0 Å². The van der Waals surface area contributed by atoms with Gasteiger partial charge in [0.15, 0.2) is 0 Å². The number of hydrogen-bond donors (Lipinski definition) is 1. The molecule has 0 radical (unpaired) electrons. The summed E-state index contributed by atoms with van der Waals surface area (Å²) in [5.74, 6) is 1.86. The van der Waals surface area contributed by atoms with E-state index >= 15 is 0 Å². The number of hydrogen-bond acceptors (Lipinski definition) is 4. The average Bonchev–Trinajstić information content (AvgIpc) is 2.85. The first-order chi connectivity index (χ1) is 9.20. The van der Waals surface area contributed by atoms with Crippen LogP contribution in [-0.2, 0) is 12.3 Å². The molecule has 5 heteroatoms. The third-order valence-electron chi connectivity index (χ3n) is 2.88. The molecule has 1 atom stereocenters. The van der Waals surface area contributed by atoms with Crippen LogP contribution in [0.3, 0.4) is 0 Å². The highest BCUT2D eigenvalue weighted by Crippen LogP contribution is 2.24. The maximum Gasteiger partial charge on any atom is 0.138 e. The van der Waals surface area contributed by atoms with Gasteiger partial charge >= 0.3 is 0 Å². The first-order valence-electron chi connectivity index (χ1n) is 6.55. The van der Waals surface area contributed by atoms with Gasteiger partial charge in [-0.05, 0) is 31.0 Å². The third-order valence-corrected chi connectivity index (χ3v) is 3.87. The Bertz CT molecular complexity index is 522. The second-order valence-electron chi connectivity index (χ2n) is 4.55. The van der Waals surface area contributed by atoms with Gasteiger partial charge in [0.2, 0.25) is 0 Å². The number of aryl methyl sites for hydroxylation is 1. The van der Waals surface area contributed by atoms with Crippen LogP contribution in [0.15, 0.2) is 35.5 Å². The third kappa shape index (κ3) is 3.81. The molecule has 0 saturated carbocycles. The van der Waals surface area contributed by atoms with Crippen LogP contribution in [0.4, 0.5) is 0 Å². The maximum atomic E-state index is 5.90. The zero-order chi connectivity index (χ0) is 13.7. The molecule has 0 spiro atoms. The van der Waals surface area contributed by atoms with Crippen molar-refractivity contribution in [2.24, 2.45) is 5.73 Å². The number of aromatic nitrogens is 3. The summed E-state index contributed by atoms with van der Waals surface area (Å²) < 4.78 is 1.97. The maximum absolute atomic E-state index is 5.90. The summed E-state index contributed by atoms with van der Waals surface area (Å²) >= 11 is 1.77. The topological polar surface area (TPSA) is 56.7 Å². The lowest BCUT2D eigenvalue weighted by Crippen LogP contribution is -2.05. The fourth-order valence-electron chi connectivity index (χ4n) is 1.83. The molecular formula is C14H20N4S. The highest BCUT2D eigenvalue weighted by atomic mass is 32.2. The summed E-state index contributed by atoms with van der Waals surface area (Å²) in [4.78, 5) is 5.54. The zero-order valence-corrected chi connectivity index (χ0v) is 12.2. The Balaban J connectivity index is 2.02. The monoisotopic (exact) mass is 276 g/mol. The molecule has 0 amide bonds. The predicted octanol–water partition coefficient (Wildman–Crippen LogP) is 3.00. The molecule has 1 aromatic carbocycles. The number of benzene rings is 1. The normalized spacial score (nSPS) is 12.6. The Kier molecular flexibility index (Phi) is 4.99. The Morgan fingerprint density at radius 3 is 3.00 bits per heavy atom. The fraction of sp³-hybridized carbons (Fsp3) is 0.429. The van der Waals surface area contributed by atoms with E-state index in [4.69, 9.17) is 5.73 Å². The SMILES string of the molecule is CCCn1ncnc1CSc1cccc(C(C)N)c1. The average molecular weight is 276 g/mol. The zero-order valence-electron chi connectivity index (χ0n) is 11.4. The van der Waals surface area contributed by atoms with E-state index in [2.05, 4.69) is 41.3 Å². The van der Waals surface area contributed by atoms with Gasteiger partial charge in [-0.15, -0.1) is 11.8 Å². The highest BCUT2D eigenvalue weighted by Gasteiger charge is 2.06. The lowest BCUT2D eigenvalue weighted by atomic mass is 10.1. The molecule has 1 heterocycles. The molecule has 0 aliphatic heterocycles. The van der Waals surface area contributed by atoms with Crippen molar-refractivity contribution >= 4 is 11.8 Å². The molecule has 4 nitrogen and oxygen atoms in total. The molecule has 0 aliphatic rings. The Morgan fingerprint density at radius 1 is 1.42 bits per heavy atom. The fourth-order valence-corrected chi connectivity index (χ4v) is 2.75. The van der Waals surface area contributed by atoms with Crippen LogP contribution < -0.4 is 5.73 Å². The van der Waals surface area contributed by atoms with Gasteiger partial charge in [-0.25, -0.2) is 9.67 Å². The Labute approximate surface area is 118 Å². The van der Waals surface area contributed by atoms with E-state index in [1.54, 1.807) is 18.1 Å². The molecule has 2 rings (SSSR count). The summed E-state index contributed by atoms with van der Waals surface area (Å²) in [6.07, 6.45) is 2.70. The van der Waals surface area contributed by atoms with Gasteiger partial charge in [-0.2, -0.15) is 5.10 Å². The standard InChI is InChI=1S/C14H20N4S/c1-3-7-18-14(16-10-17-18)9-19-13-6-4-5-12(8-13)11(2)15/h4-6,8,10-11H,3,7,9,15H2,1-2H3. The van der Waals surface area contributed by atoms with Crippen molar-refractivity contribution in [3.63, 3.8) is 0 Å². The van der Waals surface area contributed by atoms with Crippen LogP contribution in [0.1, 0.15) is 37.7 Å². The van der Waals surface area contributed by atoms with Crippen molar-refractivity contribution in [2.75, 3.05) is 0 Å². The van der Waals surface area contributed by atoms with Crippen molar-refractivity contribution in [2.45, 2.75) is 43.5 Å². The smallest absolute Gasteiger partial charge is 0.138 e. The summed E-state index contributed by atoms with van der Waals surface area (Å²) in [5.41, 5.74) is 7.07. The molecule has 0 aliphatic carbocycles. The molecule has 102 valence electrons. The number of thioether (sulfide) groups is 1. The van der Waals surface area contributed by atoms with Crippen molar-refractivity contribution in [3.05, 3.63) is 42.0 Å². The molecule has 2 aromatic rings. The van der Waals surface area contributed by atoms with Crippen LogP contribution in [-0.4, -0.2) is 14.8 Å². The summed E-state index contributed by atoms with van der Waals surface area (Å²) in [6.45, 7) is 5.07. The summed E-state index contributed by atoms with van der Waals surface area (Å²) in [5, 5.41) is 4.24. The van der Waals surface area contributed by atoms with Crippen molar-refractivity contribution in [3.8, 4) is 0 Å². The van der Waals surface area contributed by atoms with Gasteiger partial charge in [-0.1, -0.05) is 19.1 Å². The molecular weight excluding hydrogens is 256 g/mol. The van der Waals surface area contributed by atoms with E-state index < -0.39 is 0 Å². The highest BCUT2D eigenvalue weighted by molar-refractivity contribution is 7.98. The number of nitrogens with zero attached hydrogens (tertiary/aromatic N) is 3. The Hall–Kier alpha value is -1.33. The van der Waals surface area contributed by atoms with E-state index in [1.165, 1.54) is 10.5 Å². The molecule has 2 N–H and O–H groups in total. The Morgan fingerprint density at radius 2 is 2.26 bits per heavy atom. The van der Waals surface area contributed by atoms with Gasteiger partial charge in [0.1, 0.15) is 12.2 Å². The second kappa shape index (κ2) is 6.73. The first-order valence-corrected chi connectivity index (χ1v) is 7.54. The van der Waals surface area contributed by atoms with Crippen LogP contribution in [0, 0.1) is 0 Å². The van der Waals surface area contributed by atoms with Crippen LogP contribution in [0.2, 0.25) is 0 Å². The van der Waals surface area contributed by atoms with Gasteiger partial charge < -0.3 is 5.73 Å². The van der Waals surface area contributed by atoms with Crippen LogP contribution in [0.5, 0.6) is 0 Å². The van der Waals surface area contributed by atoms with E-state index in [1.807, 2.05) is 11.6 Å². The van der Waals surface area contributed by atoms with Crippen molar-refractivity contribution < 1.29 is 0 Å². The van der Waals surface area contributed by atoms with Gasteiger partial charge in [0, 0.05) is 17.5 Å². The molecule has 1 aromatic heterocycles. The lowest BCUT2D eigenvalue weighted by Gasteiger charge is -2.08. The number of nitrogens with two attached hydrogens (primary N) is 1.